The number of nitrogen functional groups attached to an aromatic ring is 2. The summed E-state index contributed by atoms with van der Waals surface area (Å²) in [5.74, 6) is -0.365. The summed E-state index contributed by atoms with van der Waals surface area (Å²) >= 11 is 0. The topological polar surface area (TPSA) is 516 Å². The van der Waals surface area contributed by atoms with E-state index in [9.17, 15) is 67.5 Å². The van der Waals surface area contributed by atoms with Crippen molar-refractivity contribution in [3.63, 3.8) is 0 Å². The number of nitrogens with zero attached hydrogens (tertiary/aromatic N) is 8. The number of aliphatic hydroxyl groups is 3. The Hall–Kier alpha value is -4.62. The number of ether oxygens (including phenoxy) is 5. The molecule has 0 aromatic carbocycles. The fraction of sp³-hybridized carbons (Fsp3) is 0.562. The number of hydrogen-bond acceptors (Lipinski definition) is 27. The molecule has 0 bridgehead atoms. The Morgan fingerprint density at radius 3 is 2.00 bits per heavy atom. The fourth-order valence-electron chi connectivity index (χ4n) is 8.06. The molecule has 0 aliphatic carbocycles. The van der Waals surface area contributed by atoms with Gasteiger partial charge in [-0.25, -0.2) is 42.6 Å². The molecule has 0 amide bonds. The zero-order valence-electron chi connectivity index (χ0n) is 37.4. The molecule has 3 aliphatic heterocycles. The Morgan fingerprint density at radius 1 is 0.740 bits per heavy atom. The van der Waals surface area contributed by atoms with Crippen LogP contribution in [-0.4, -0.2) is 167 Å². The van der Waals surface area contributed by atoms with E-state index in [1.165, 1.54) is 27.1 Å². The number of phosphoric acid groups is 4. The molecule has 0 saturated carbocycles. The maximum absolute atomic E-state index is 13.6. The first kappa shape index (κ1) is 54.6. The monoisotopic (exact) mass is 1120 g/mol. The van der Waals surface area contributed by atoms with Gasteiger partial charge in [0.15, 0.2) is 30.2 Å². The Morgan fingerprint density at radius 2 is 1.36 bits per heavy atom. The van der Waals surface area contributed by atoms with E-state index in [1.807, 2.05) is 4.98 Å². The quantitative estimate of drug-likeness (QED) is 0.0260. The molecule has 5 aromatic rings. The van der Waals surface area contributed by atoms with E-state index in [2.05, 4.69) is 33.5 Å². The van der Waals surface area contributed by atoms with Gasteiger partial charge < -0.3 is 70.0 Å². The number of H-pyrrole nitrogens is 2. The van der Waals surface area contributed by atoms with Crippen molar-refractivity contribution in [2.45, 2.75) is 73.6 Å². The van der Waals surface area contributed by atoms with Gasteiger partial charge in [0.25, 0.3) is 17.1 Å². The summed E-state index contributed by atoms with van der Waals surface area (Å²) < 4.78 is 114. The van der Waals surface area contributed by atoms with E-state index < -0.39 is 142 Å². The number of phosphoric ester groups is 3. The third-order valence-corrected chi connectivity index (χ3v) is 16.4. The van der Waals surface area contributed by atoms with Crippen molar-refractivity contribution < 1.29 is 108 Å². The zero-order valence-corrected chi connectivity index (χ0v) is 41.0. The van der Waals surface area contributed by atoms with Crippen LogP contribution in [0.15, 0.2) is 45.6 Å². The number of methoxy groups -OCH3 is 2. The first-order valence-corrected chi connectivity index (χ1v) is 26.6. The van der Waals surface area contributed by atoms with Crippen molar-refractivity contribution in [3.8, 4) is 0 Å². The van der Waals surface area contributed by atoms with E-state index in [0.29, 0.717) is 0 Å². The van der Waals surface area contributed by atoms with Gasteiger partial charge in [-0.3, -0.25) is 51.4 Å². The van der Waals surface area contributed by atoms with E-state index in [1.54, 1.807) is 0 Å². The van der Waals surface area contributed by atoms with Crippen molar-refractivity contribution in [1.82, 2.24) is 43.6 Å². The lowest BCUT2D eigenvalue weighted by Crippen LogP contribution is -2.46. The van der Waals surface area contributed by atoms with Crippen molar-refractivity contribution in [2.24, 2.45) is 7.05 Å². The summed E-state index contributed by atoms with van der Waals surface area (Å²) in [6.07, 6.45) is -14.9. The van der Waals surface area contributed by atoms with Crippen LogP contribution >= 0.6 is 31.3 Å². The Balaban J connectivity index is 0.935. The Labute approximate surface area is 405 Å². The molecule has 8 heterocycles. The smallest absolute Gasteiger partial charge is 0.387 e. The van der Waals surface area contributed by atoms with Crippen LogP contribution in [0.4, 0.5) is 11.8 Å². The van der Waals surface area contributed by atoms with Crippen LogP contribution < -0.4 is 32.8 Å². The highest BCUT2D eigenvalue weighted by atomic mass is 31.3. The summed E-state index contributed by atoms with van der Waals surface area (Å²) in [4.78, 5) is 99.1. The number of aromatic amines is 2. The van der Waals surface area contributed by atoms with Crippen LogP contribution in [0.1, 0.15) is 18.7 Å². The van der Waals surface area contributed by atoms with Gasteiger partial charge in [0.05, 0.1) is 33.2 Å². The third-order valence-electron chi connectivity index (χ3n) is 11.2. The van der Waals surface area contributed by atoms with E-state index >= 15 is 0 Å². The normalized spacial score (nSPS) is 30.9. The molecule has 7 unspecified atom stereocenters. The van der Waals surface area contributed by atoms with Gasteiger partial charge >= 0.3 is 42.6 Å². The molecule has 3 fully saturated rings. The zero-order chi connectivity index (χ0) is 53.1. The van der Waals surface area contributed by atoms with Crippen molar-refractivity contribution in [2.75, 3.05) is 45.5 Å². The molecular weight excluding hydrogens is 1080 g/mol. The molecule has 3 saturated heterocycles. The van der Waals surface area contributed by atoms with Crippen LogP contribution in [0.25, 0.3) is 22.3 Å². The third kappa shape index (κ3) is 11.5. The van der Waals surface area contributed by atoms with Gasteiger partial charge in [0, 0.05) is 26.5 Å². The summed E-state index contributed by atoms with van der Waals surface area (Å²) in [6, 6.07) is 0.924. The average Bonchev–Trinajstić information content (AvgIpc) is 4.09. The first-order chi connectivity index (χ1) is 34.2. The Bertz CT molecular complexity index is 3240. The summed E-state index contributed by atoms with van der Waals surface area (Å²) in [7, 11) is -19.7. The van der Waals surface area contributed by atoms with Crippen LogP contribution in [0, 0.1) is 0 Å². The predicted molar refractivity (Wildman–Crippen MR) is 233 cm³/mol. The lowest BCUT2D eigenvalue weighted by atomic mass is 10.1. The second-order valence-corrected chi connectivity index (χ2v) is 22.0. The maximum Gasteiger partial charge on any atom is 0.490 e. The van der Waals surface area contributed by atoms with E-state index in [-0.39, 0.29) is 34.1 Å². The number of imidazole rings is 2. The molecule has 402 valence electrons. The lowest BCUT2D eigenvalue weighted by molar-refractivity contribution is -0.745. The van der Waals surface area contributed by atoms with Gasteiger partial charge in [-0.05, 0) is 0 Å². The Kier molecular flexibility index (Phi) is 15.6. The number of anilines is 2. The molecule has 3 aliphatic rings. The number of fused-ring (bicyclic) bond motifs is 2. The summed E-state index contributed by atoms with van der Waals surface area (Å²) in [6.45, 7) is -3.29. The number of aliphatic hydroxyl groups excluding tert-OH is 3. The average molecular weight is 1120 g/mol. The minimum absolute atomic E-state index is 0.00760. The number of hydrogen-bond donors (Lipinski definition) is 11. The molecular formula is C32H45N12O25P4+. The summed E-state index contributed by atoms with van der Waals surface area (Å²) in [5, 5.41) is 32.3. The predicted octanol–water partition coefficient (Wildman–Crippen LogP) is -4.22. The molecule has 5 aromatic heterocycles. The van der Waals surface area contributed by atoms with Crippen LogP contribution in [0.5, 0.6) is 0 Å². The van der Waals surface area contributed by atoms with Gasteiger partial charge in [-0.15, -0.1) is 0 Å². The highest BCUT2D eigenvalue weighted by Gasteiger charge is 2.54. The SMILES string of the molecule is COC1[C@@H](OP(=O)(O)OC[C@H]2O[C@@H](n3ccc(=O)[nH]c3=O)C(O)[C@H]2O)[C@@H](COP(=O)(O)OP(=O)(O)OP(=O)(O)OC[C@H]2O[C@@H]([n+]3cn(C)c4c(=O)[nH]c(N)nc43)[C@@H](O)C2OC)O[C@H]1n1cnc2c(N)ncnc21. The number of nitrogens with one attached hydrogen (secondary N) is 2. The van der Waals surface area contributed by atoms with Gasteiger partial charge in [-0.2, -0.15) is 8.62 Å². The van der Waals surface area contributed by atoms with Gasteiger partial charge in [0.1, 0.15) is 66.8 Å². The molecule has 73 heavy (non-hydrogen) atoms. The molecule has 37 nitrogen and oxygen atoms in total. The van der Waals surface area contributed by atoms with Gasteiger partial charge in [0.2, 0.25) is 11.7 Å². The van der Waals surface area contributed by atoms with Gasteiger partial charge in [-0.1, -0.05) is 4.98 Å². The summed E-state index contributed by atoms with van der Waals surface area (Å²) in [5.41, 5.74) is 9.20. The van der Waals surface area contributed by atoms with Crippen molar-refractivity contribution >= 4 is 65.4 Å². The van der Waals surface area contributed by atoms with Crippen molar-refractivity contribution in [3.05, 3.63) is 62.4 Å². The fourth-order valence-corrected chi connectivity index (χ4v) is 12.5. The van der Waals surface area contributed by atoms with Crippen LogP contribution in [-0.2, 0) is 75.7 Å². The molecule has 16 atom stereocenters. The maximum atomic E-state index is 13.6. The molecule has 8 rings (SSSR count). The highest BCUT2D eigenvalue weighted by Crippen LogP contribution is 2.68. The second-order valence-electron chi connectivity index (χ2n) is 15.9. The number of rotatable bonds is 20. The number of aromatic nitrogens is 10. The van der Waals surface area contributed by atoms with Crippen LogP contribution in [0.2, 0.25) is 0 Å². The highest BCUT2D eigenvalue weighted by molar-refractivity contribution is 7.66. The minimum Gasteiger partial charge on any atom is -0.387 e. The second kappa shape index (κ2) is 20.8. The minimum atomic E-state index is -6.18. The van der Waals surface area contributed by atoms with Crippen LogP contribution in [0.3, 0.4) is 0 Å². The molecule has 0 radical (unpaired) electrons. The molecule has 41 heteroatoms. The largest absolute Gasteiger partial charge is 0.490 e. The van der Waals surface area contributed by atoms with Crippen molar-refractivity contribution in [1.29, 1.82) is 0 Å². The number of nitrogens with two attached hydrogens (primary N) is 2. The molecule has 0 spiro atoms. The standard InChI is InChI=1S/C32H44N12O25P4/c1-41-11-44(26-17(41)27(49)40-31(34)39-26)29-20(48)21(59-2)13(65-29)7-62-71(53,54)68-73(57,58)69-72(55,56)63-8-14-22(23(60-3)30(66-14)43-10-37-16-24(33)35-9-36-25(16)43)67-70(51,52)61-6-12-18(46)19(47)28(64-12)42-5-4-15(45)38-32(42)50/h4-5,9-14,18-23,28-30,46-48H,6-8H2,1-3H3,(H9-,33,34,35,36,38,39,40,45,49,50,51,52,53,54,55,56,57,58)/p+1/t12-,13-,14-,18+,19?,20+,21?,22+,23?,28-,29-,30-/m1/s1. The molecule has 13 N–H and O–H groups in total. The van der Waals surface area contributed by atoms with E-state index in [0.717, 1.165) is 43.7 Å². The first-order valence-electron chi connectivity index (χ1n) is 20.6. The number of aryl methyl sites for hydroxylation is 1. The van der Waals surface area contributed by atoms with E-state index in [4.69, 9.17) is 53.2 Å². The lowest BCUT2D eigenvalue weighted by Gasteiger charge is -2.26.